The third-order valence-electron chi connectivity index (χ3n) is 1.71. The van der Waals surface area contributed by atoms with Gasteiger partial charge in [-0.1, -0.05) is 17.7 Å². The highest BCUT2D eigenvalue weighted by Crippen LogP contribution is 2.31. The lowest BCUT2D eigenvalue weighted by molar-refractivity contribution is -0.0500. The van der Waals surface area contributed by atoms with Gasteiger partial charge in [0.25, 0.3) is 0 Å². The van der Waals surface area contributed by atoms with Gasteiger partial charge in [-0.05, 0) is 17.7 Å². The Balaban J connectivity index is 3.05. The summed E-state index contributed by atoms with van der Waals surface area (Å²) in [5, 5.41) is -0.263. The van der Waals surface area contributed by atoms with E-state index in [2.05, 4.69) is 4.18 Å². The molecule has 0 aliphatic heterocycles. The second-order valence-electron chi connectivity index (χ2n) is 2.95. The molecule has 0 amide bonds. The van der Waals surface area contributed by atoms with E-state index in [-0.39, 0.29) is 11.6 Å². The molecule has 1 aromatic carbocycles. The van der Waals surface area contributed by atoms with Crippen LogP contribution >= 0.6 is 11.6 Å². The monoisotopic (exact) mass is 289 g/mol. The van der Waals surface area contributed by atoms with Gasteiger partial charge in [-0.3, -0.25) is 0 Å². The van der Waals surface area contributed by atoms with E-state index in [0.717, 1.165) is 6.07 Å². The minimum atomic E-state index is -5.71. The van der Waals surface area contributed by atoms with Crippen molar-refractivity contribution in [2.75, 3.05) is 0 Å². The standard InChI is InChI=1S/C8H7ClF3NO3S/c9-6-3-5(4-13)1-2-7(6)16-17(14,15)8(10,11)12/h1-3H,4,13H2. The molecule has 0 fully saturated rings. The van der Waals surface area contributed by atoms with Crippen molar-refractivity contribution in [2.24, 2.45) is 5.73 Å². The lowest BCUT2D eigenvalue weighted by Gasteiger charge is -2.10. The van der Waals surface area contributed by atoms with Crippen molar-refractivity contribution in [1.82, 2.24) is 0 Å². The molecule has 0 saturated heterocycles. The number of benzene rings is 1. The Bertz CT molecular complexity index is 515. The topological polar surface area (TPSA) is 69.4 Å². The largest absolute Gasteiger partial charge is 0.534 e. The number of alkyl halides is 3. The van der Waals surface area contributed by atoms with E-state index < -0.39 is 21.4 Å². The predicted molar refractivity (Wildman–Crippen MR) is 54.9 cm³/mol. The Kier molecular flexibility index (Phi) is 3.90. The molecule has 17 heavy (non-hydrogen) atoms. The number of nitrogens with two attached hydrogens (primary N) is 1. The van der Waals surface area contributed by atoms with Gasteiger partial charge in [0.05, 0.1) is 5.02 Å². The van der Waals surface area contributed by atoms with Crippen molar-refractivity contribution in [1.29, 1.82) is 0 Å². The molecule has 4 nitrogen and oxygen atoms in total. The van der Waals surface area contributed by atoms with E-state index in [0.29, 0.717) is 5.56 Å². The van der Waals surface area contributed by atoms with Crippen LogP contribution in [0.2, 0.25) is 5.02 Å². The van der Waals surface area contributed by atoms with Gasteiger partial charge in [0.1, 0.15) is 0 Å². The van der Waals surface area contributed by atoms with Crippen LogP contribution < -0.4 is 9.92 Å². The van der Waals surface area contributed by atoms with Gasteiger partial charge in [0.2, 0.25) is 0 Å². The molecule has 0 heterocycles. The maximum absolute atomic E-state index is 12.0. The normalized spacial score (nSPS) is 12.5. The fourth-order valence-corrected chi connectivity index (χ4v) is 1.67. The first-order valence-electron chi connectivity index (χ1n) is 4.16. The van der Waals surface area contributed by atoms with E-state index >= 15 is 0 Å². The number of hydrogen-bond donors (Lipinski definition) is 1. The first kappa shape index (κ1) is 14.1. The third kappa shape index (κ3) is 3.24. The summed E-state index contributed by atoms with van der Waals surface area (Å²) in [6.45, 7) is 0.117. The summed E-state index contributed by atoms with van der Waals surface area (Å²) in [4.78, 5) is 0. The van der Waals surface area contributed by atoms with Gasteiger partial charge in [0, 0.05) is 6.54 Å². The summed E-state index contributed by atoms with van der Waals surface area (Å²) >= 11 is 5.55. The highest BCUT2D eigenvalue weighted by molar-refractivity contribution is 7.88. The summed E-state index contributed by atoms with van der Waals surface area (Å²) < 4.78 is 61.3. The maximum atomic E-state index is 12.0. The molecule has 0 bridgehead atoms. The first-order chi connectivity index (χ1) is 7.67. The van der Waals surface area contributed by atoms with Crippen molar-refractivity contribution >= 4 is 21.7 Å². The molecule has 0 aliphatic rings. The van der Waals surface area contributed by atoms with Gasteiger partial charge in [-0.2, -0.15) is 21.6 Å². The van der Waals surface area contributed by atoms with Crippen LogP contribution in [0.25, 0.3) is 0 Å². The molecule has 1 aromatic rings. The summed E-state index contributed by atoms with van der Waals surface area (Å²) in [5.74, 6) is -0.596. The second kappa shape index (κ2) is 4.71. The predicted octanol–water partition coefficient (Wildman–Crippen LogP) is 2.03. The zero-order valence-electron chi connectivity index (χ0n) is 8.16. The van der Waals surface area contributed by atoms with Crippen molar-refractivity contribution < 1.29 is 25.8 Å². The Morgan fingerprint density at radius 3 is 2.35 bits per heavy atom. The number of rotatable bonds is 3. The summed E-state index contributed by atoms with van der Waals surface area (Å²) in [7, 11) is -5.71. The number of halogens is 4. The Morgan fingerprint density at radius 1 is 1.35 bits per heavy atom. The van der Waals surface area contributed by atoms with Gasteiger partial charge in [-0.15, -0.1) is 0 Å². The molecule has 0 atom stereocenters. The molecule has 0 radical (unpaired) electrons. The highest BCUT2D eigenvalue weighted by atomic mass is 35.5. The van der Waals surface area contributed by atoms with Crippen molar-refractivity contribution in [3.05, 3.63) is 28.8 Å². The zero-order chi connectivity index (χ0) is 13.3. The summed E-state index contributed by atoms with van der Waals surface area (Å²) in [5.41, 5.74) is 0.304. The average Bonchev–Trinajstić information content (AvgIpc) is 2.19. The fraction of sp³-hybridized carbons (Fsp3) is 0.250. The van der Waals surface area contributed by atoms with Gasteiger partial charge in [0.15, 0.2) is 5.75 Å². The van der Waals surface area contributed by atoms with E-state index in [1.54, 1.807) is 0 Å². The van der Waals surface area contributed by atoms with Crippen LogP contribution in [0.4, 0.5) is 13.2 Å². The van der Waals surface area contributed by atoms with Crippen molar-refractivity contribution in [3.63, 3.8) is 0 Å². The smallest absolute Gasteiger partial charge is 0.374 e. The molecular weight excluding hydrogens is 283 g/mol. The second-order valence-corrected chi connectivity index (χ2v) is 4.90. The molecule has 0 unspecified atom stereocenters. The van der Waals surface area contributed by atoms with E-state index in [1.165, 1.54) is 12.1 Å². The van der Waals surface area contributed by atoms with Gasteiger partial charge in [-0.25, -0.2) is 0 Å². The molecule has 0 aliphatic carbocycles. The molecule has 0 spiro atoms. The van der Waals surface area contributed by atoms with Crippen LogP contribution in [0, 0.1) is 0 Å². The summed E-state index contributed by atoms with van der Waals surface area (Å²) in [6, 6.07) is 3.55. The molecule has 0 aromatic heterocycles. The number of hydrogen-bond acceptors (Lipinski definition) is 4. The van der Waals surface area contributed by atoms with Crippen LogP contribution in [0.3, 0.4) is 0 Å². The van der Waals surface area contributed by atoms with Crippen molar-refractivity contribution in [3.8, 4) is 5.75 Å². The van der Waals surface area contributed by atoms with Gasteiger partial charge < -0.3 is 9.92 Å². The first-order valence-corrected chi connectivity index (χ1v) is 5.95. The maximum Gasteiger partial charge on any atom is 0.534 e. The van der Waals surface area contributed by atoms with Gasteiger partial charge >= 0.3 is 15.6 Å². The van der Waals surface area contributed by atoms with Crippen LogP contribution in [0.5, 0.6) is 5.75 Å². The van der Waals surface area contributed by atoms with Crippen LogP contribution in [0.1, 0.15) is 5.56 Å². The van der Waals surface area contributed by atoms with Crippen molar-refractivity contribution in [2.45, 2.75) is 12.1 Å². The minimum absolute atomic E-state index is 0.117. The SMILES string of the molecule is NCc1ccc(OS(=O)(=O)C(F)(F)F)c(Cl)c1. The van der Waals surface area contributed by atoms with E-state index in [9.17, 15) is 21.6 Å². The van der Waals surface area contributed by atoms with E-state index in [1.807, 2.05) is 0 Å². The van der Waals surface area contributed by atoms with Crippen LogP contribution in [-0.2, 0) is 16.7 Å². The van der Waals surface area contributed by atoms with Crippen LogP contribution in [0.15, 0.2) is 18.2 Å². The molecule has 96 valence electrons. The summed E-state index contributed by atoms with van der Waals surface area (Å²) in [6.07, 6.45) is 0. The lowest BCUT2D eigenvalue weighted by Crippen LogP contribution is -2.28. The Labute approximate surface area is 100 Å². The molecule has 9 heteroatoms. The highest BCUT2D eigenvalue weighted by Gasteiger charge is 2.48. The molecular formula is C8H7ClF3NO3S. The lowest BCUT2D eigenvalue weighted by atomic mass is 10.2. The molecule has 1 rings (SSSR count). The van der Waals surface area contributed by atoms with E-state index in [4.69, 9.17) is 17.3 Å². The average molecular weight is 290 g/mol. The zero-order valence-corrected chi connectivity index (χ0v) is 9.73. The Hall–Kier alpha value is -0.990. The molecule has 2 N–H and O–H groups in total. The quantitative estimate of drug-likeness (QED) is 0.683. The molecule has 0 saturated carbocycles. The Morgan fingerprint density at radius 2 is 1.94 bits per heavy atom. The fourth-order valence-electron chi connectivity index (χ4n) is 0.904. The van der Waals surface area contributed by atoms with Crippen LogP contribution in [-0.4, -0.2) is 13.9 Å². The minimum Gasteiger partial charge on any atom is -0.374 e. The third-order valence-corrected chi connectivity index (χ3v) is 2.98.